The fraction of sp³-hybridized carbons (Fsp3) is 0.579. The molecule has 0 heterocycles. The number of carbonyl (C=O) groups excluding carboxylic acids is 1. The van der Waals surface area contributed by atoms with Gasteiger partial charge in [0.25, 0.3) is 0 Å². The lowest BCUT2D eigenvalue weighted by Crippen LogP contribution is -2.38. The lowest BCUT2D eigenvalue weighted by molar-refractivity contribution is -0.121. The zero-order chi connectivity index (χ0) is 18.7. The zero-order valence-corrected chi connectivity index (χ0v) is 16.1. The van der Waals surface area contributed by atoms with E-state index in [1.54, 1.807) is 0 Å². The molecule has 0 bridgehead atoms. The summed E-state index contributed by atoms with van der Waals surface area (Å²) in [5.41, 5.74) is 1.18. The molecule has 1 rings (SSSR count). The quantitative estimate of drug-likeness (QED) is 0.531. The van der Waals surface area contributed by atoms with Crippen molar-refractivity contribution >= 4 is 11.9 Å². The highest BCUT2D eigenvalue weighted by molar-refractivity contribution is 5.80. The molecule has 0 fully saturated rings. The molecule has 6 heteroatoms. The zero-order valence-electron chi connectivity index (χ0n) is 16.1. The number of nitrogens with one attached hydrogen (secondary N) is 2. The van der Waals surface area contributed by atoms with E-state index in [9.17, 15) is 4.79 Å². The van der Waals surface area contributed by atoms with Crippen molar-refractivity contribution in [2.45, 2.75) is 46.7 Å². The second kappa shape index (κ2) is 11.3. The van der Waals surface area contributed by atoms with Crippen molar-refractivity contribution in [2.75, 3.05) is 26.7 Å². The molecule has 0 saturated heterocycles. The van der Waals surface area contributed by atoms with E-state index in [-0.39, 0.29) is 11.9 Å². The molecule has 1 aromatic rings. The number of benzene rings is 1. The van der Waals surface area contributed by atoms with E-state index >= 15 is 0 Å². The van der Waals surface area contributed by atoms with Crippen LogP contribution in [0.25, 0.3) is 0 Å². The topological polar surface area (TPSA) is 66.0 Å². The van der Waals surface area contributed by atoms with Crippen molar-refractivity contribution < 1.29 is 9.53 Å². The second-order valence-electron chi connectivity index (χ2n) is 6.14. The van der Waals surface area contributed by atoms with E-state index < -0.39 is 0 Å². The molecule has 1 amide bonds. The van der Waals surface area contributed by atoms with E-state index in [1.807, 2.05) is 46.9 Å². The van der Waals surface area contributed by atoms with E-state index in [2.05, 4.69) is 32.7 Å². The first-order valence-corrected chi connectivity index (χ1v) is 8.96. The number of rotatable bonds is 9. The normalized spacial score (nSPS) is 11.4. The lowest BCUT2D eigenvalue weighted by atomic mass is 10.2. The number of nitrogens with zero attached hydrogens (tertiary/aromatic N) is 2. The first-order valence-electron chi connectivity index (χ1n) is 8.96. The van der Waals surface area contributed by atoms with E-state index in [1.165, 1.54) is 5.56 Å². The largest absolute Gasteiger partial charge is 0.494 e. The molecule has 0 spiro atoms. The van der Waals surface area contributed by atoms with Crippen molar-refractivity contribution in [3.8, 4) is 5.75 Å². The Morgan fingerprint density at radius 1 is 1.24 bits per heavy atom. The highest BCUT2D eigenvalue weighted by Gasteiger charge is 2.08. The van der Waals surface area contributed by atoms with Crippen LogP contribution in [0.1, 0.15) is 39.7 Å². The molecule has 0 atom stereocenters. The Bertz CT molecular complexity index is 541. The van der Waals surface area contributed by atoms with Crippen LogP contribution in [0.3, 0.4) is 0 Å². The Hall–Kier alpha value is -2.24. The first-order chi connectivity index (χ1) is 12.0. The average molecular weight is 348 g/mol. The summed E-state index contributed by atoms with van der Waals surface area (Å²) in [6.07, 6.45) is 0.393. The van der Waals surface area contributed by atoms with Crippen LogP contribution in [-0.4, -0.2) is 49.6 Å². The Morgan fingerprint density at radius 2 is 1.92 bits per heavy atom. The summed E-state index contributed by atoms with van der Waals surface area (Å²) in [5, 5.41) is 6.15. The van der Waals surface area contributed by atoms with Gasteiger partial charge in [-0.2, -0.15) is 0 Å². The number of hydrogen-bond acceptors (Lipinski definition) is 3. The van der Waals surface area contributed by atoms with Crippen LogP contribution in [0.5, 0.6) is 5.75 Å². The number of aliphatic imine (C=N–C) groups is 1. The highest BCUT2D eigenvalue weighted by atomic mass is 16.5. The molecule has 6 nitrogen and oxygen atoms in total. The predicted octanol–water partition coefficient (Wildman–Crippen LogP) is 2.40. The van der Waals surface area contributed by atoms with Gasteiger partial charge in [0.05, 0.1) is 13.2 Å². The number of hydrogen-bond donors (Lipinski definition) is 2. The van der Waals surface area contributed by atoms with Gasteiger partial charge in [0.15, 0.2) is 5.96 Å². The molecular formula is C19H32N4O2. The minimum absolute atomic E-state index is 0.0313. The van der Waals surface area contributed by atoms with Gasteiger partial charge in [-0.15, -0.1) is 0 Å². The molecule has 0 aromatic heterocycles. The average Bonchev–Trinajstić information content (AvgIpc) is 2.55. The maximum absolute atomic E-state index is 11.7. The van der Waals surface area contributed by atoms with Crippen molar-refractivity contribution in [1.82, 2.24) is 15.5 Å². The molecule has 0 radical (unpaired) electrons. The van der Waals surface area contributed by atoms with Gasteiger partial charge >= 0.3 is 0 Å². The maximum atomic E-state index is 11.7. The molecule has 1 aromatic carbocycles. The van der Waals surface area contributed by atoms with Gasteiger partial charge in [-0.3, -0.25) is 9.79 Å². The minimum Gasteiger partial charge on any atom is -0.494 e. The summed E-state index contributed by atoms with van der Waals surface area (Å²) in [6.45, 7) is 10.6. The van der Waals surface area contributed by atoms with Gasteiger partial charge in [0.1, 0.15) is 5.75 Å². The SMILES string of the molecule is CCNC(=NCCC(=O)NC(C)C)N(C)Cc1ccc(OCC)cc1. The molecule has 140 valence electrons. The third kappa shape index (κ3) is 8.42. The monoisotopic (exact) mass is 348 g/mol. The summed E-state index contributed by atoms with van der Waals surface area (Å²) in [6, 6.07) is 8.23. The van der Waals surface area contributed by atoms with Gasteiger partial charge in [-0.25, -0.2) is 0 Å². The molecular weight excluding hydrogens is 316 g/mol. The fourth-order valence-electron chi connectivity index (χ4n) is 2.33. The maximum Gasteiger partial charge on any atom is 0.222 e. The summed E-state index contributed by atoms with van der Waals surface area (Å²) in [4.78, 5) is 18.3. The van der Waals surface area contributed by atoms with Crippen LogP contribution in [0.4, 0.5) is 0 Å². The summed E-state index contributed by atoms with van der Waals surface area (Å²) < 4.78 is 5.47. The second-order valence-corrected chi connectivity index (χ2v) is 6.14. The minimum atomic E-state index is 0.0313. The van der Waals surface area contributed by atoms with Crippen LogP contribution in [0, 0.1) is 0 Å². The Labute approximate surface area is 151 Å². The highest BCUT2D eigenvalue weighted by Crippen LogP contribution is 2.13. The van der Waals surface area contributed by atoms with E-state index in [0.717, 1.165) is 24.8 Å². The van der Waals surface area contributed by atoms with E-state index in [0.29, 0.717) is 19.6 Å². The van der Waals surface area contributed by atoms with Gasteiger partial charge in [0, 0.05) is 32.6 Å². The van der Waals surface area contributed by atoms with Crippen molar-refractivity contribution in [3.63, 3.8) is 0 Å². The molecule has 0 aliphatic carbocycles. The fourth-order valence-corrected chi connectivity index (χ4v) is 2.33. The molecule has 0 saturated carbocycles. The molecule has 0 aliphatic heterocycles. The smallest absolute Gasteiger partial charge is 0.222 e. The number of carbonyl (C=O) groups is 1. The standard InChI is InChI=1S/C19H32N4O2/c1-6-20-19(21-13-12-18(24)22-15(3)4)23(5)14-16-8-10-17(11-9-16)25-7-2/h8-11,15H,6-7,12-14H2,1-5H3,(H,20,21)(H,22,24). The Kier molecular flexibility index (Phi) is 9.43. The molecule has 2 N–H and O–H groups in total. The van der Waals surface area contributed by atoms with Crippen LogP contribution >= 0.6 is 0 Å². The number of amides is 1. The van der Waals surface area contributed by atoms with Crippen LogP contribution in [0.2, 0.25) is 0 Å². The van der Waals surface area contributed by atoms with Gasteiger partial charge < -0.3 is 20.3 Å². The molecule has 0 aliphatic rings. The van der Waals surface area contributed by atoms with Crippen molar-refractivity contribution in [2.24, 2.45) is 4.99 Å². The van der Waals surface area contributed by atoms with E-state index in [4.69, 9.17) is 4.74 Å². The van der Waals surface area contributed by atoms with Crippen LogP contribution < -0.4 is 15.4 Å². The van der Waals surface area contributed by atoms with Gasteiger partial charge in [-0.05, 0) is 45.4 Å². The first kappa shape index (κ1) is 20.8. The predicted molar refractivity (Wildman–Crippen MR) is 103 cm³/mol. The summed E-state index contributed by atoms with van der Waals surface area (Å²) in [5.74, 6) is 1.71. The molecule has 0 unspecified atom stereocenters. The van der Waals surface area contributed by atoms with Crippen LogP contribution in [0.15, 0.2) is 29.3 Å². The number of guanidine groups is 1. The Morgan fingerprint density at radius 3 is 2.48 bits per heavy atom. The van der Waals surface area contributed by atoms with Crippen molar-refractivity contribution in [3.05, 3.63) is 29.8 Å². The third-order valence-corrected chi connectivity index (χ3v) is 3.40. The Balaban J connectivity index is 2.60. The van der Waals surface area contributed by atoms with Crippen LogP contribution in [-0.2, 0) is 11.3 Å². The lowest BCUT2D eigenvalue weighted by Gasteiger charge is -2.22. The summed E-state index contributed by atoms with van der Waals surface area (Å²) in [7, 11) is 1.99. The third-order valence-electron chi connectivity index (χ3n) is 3.40. The van der Waals surface area contributed by atoms with Gasteiger partial charge in [-0.1, -0.05) is 12.1 Å². The van der Waals surface area contributed by atoms with Crippen molar-refractivity contribution in [1.29, 1.82) is 0 Å². The molecule has 25 heavy (non-hydrogen) atoms. The number of ether oxygens (including phenoxy) is 1. The summed E-state index contributed by atoms with van der Waals surface area (Å²) >= 11 is 0. The van der Waals surface area contributed by atoms with Gasteiger partial charge in [0.2, 0.25) is 5.91 Å².